The van der Waals surface area contributed by atoms with Crippen molar-refractivity contribution in [3.8, 4) is 11.4 Å². The van der Waals surface area contributed by atoms with E-state index in [1.165, 1.54) is 0 Å². The number of furan rings is 1. The molecule has 1 aromatic carbocycles. The lowest BCUT2D eigenvalue weighted by Crippen LogP contribution is -2.40. The number of aliphatic hydroxyl groups excluding tert-OH is 1. The summed E-state index contributed by atoms with van der Waals surface area (Å²) in [5.74, 6) is 1.64. The number of benzene rings is 1. The standard InChI is InChI=1S/C21H22N4O3/c26-16-8-10-25(11-9-16)21(27)18-14-23-19(15-5-2-1-3-6-15)24-20(18)22-13-17-7-4-12-28-17/h1-7,12,14,16,26H,8-11,13H2,(H,22,23,24). The zero-order valence-electron chi connectivity index (χ0n) is 15.4. The van der Waals surface area contributed by atoms with Crippen molar-refractivity contribution >= 4 is 11.7 Å². The Morgan fingerprint density at radius 1 is 1.18 bits per heavy atom. The second-order valence-corrected chi connectivity index (χ2v) is 6.78. The van der Waals surface area contributed by atoms with E-state index in [1.807, 2.05) is 42.5 Å². The van der Waals surface area contributed by atoms with Crippen LogP contribution in [0.25, 0.3) is 11.4 Å². The molecule has 7 heteroatoms. The highest BCUT2D eigenvalue weighted by Gasteiger charge is 2.25. The summed E-state index contributed by atoms with van der Waals surface area (Å²) in [7, 11) is 0. The van der Waals surface area contributed by atoms with Crippen LogP contribution in [0.5, 0.6) is 0 Å². The highest BCUT2D eigenvalue weighted by atomic mass is 16.3. The SMILES string of the molecule is O=C(c1cnc(-c2ccccc2)nc1NCc1ccco1)N1CCC(O)CC1. The van der Waals surface area contributed by atoms with Crippen molar-refractivity contribution in [1.29, 1.82) is 0 Å². The molecule has 1 aliphatic rings. The Hall–Kier alpha value is -3.19. The number of piperidine rings is 1. The van der Waals surface area contributed by atoms with Gasteiger partial charge in [-0.05, 0) is 25.0 Å². The molecule has 1 fully saturated rings. The molecule has 3 heterocycles. The Kier molecular flexibility index (Phi) is 5.34. The number of aliphatic hydroxyl groups is 1. The van der Waals surface area contributed by atoms with E-state index in [0.717, 1.165) is 11.3 Å². The predicted molar refractivity (Wildman–Crippen MR) is 105 cm³/mol. The summed E-state index contributed by atoms with van der Waals surface area (Å²) >= 11 is 0. The minimum absolute atomic E-state index is 0.131. The number of rotatable bonds is 5. The zero-order chi connectivity index (χ0) is 19.3. The van der Waals surface area contributed by atoms with Crippen molar-refractivity contribution in [2.45, 2.75) is 25.5 Å². The van der Waals surface area contributed by atoms with Crippen LogP contribution in [0.2, 0.25) is 0 Å². The molecule has 2 aromatic heterocycles. The van der Waals surface area contributed by atoms with Crippen LogP contribution < -0.4 is 5.32 Å². The fourth-order valence-electron chi connectivity index (χ4n) is 3.22. The zero-order valence-corrected chi connectivity index (χ0v) is 15.4. The molecule has 0 spiro atoms. The monoisotopic (exact) mass is 378 g/mol. The number of hydrogen-bond acceptors (Lipinski definition) is 6. The van der Waals surface area contributed by atoms with E-state index in [-0.39, 0.29) is 12.0 Å². The average Bonchev–Trinajstić information content (AvgIpc) is 3.26. The van der Waals surface area contributed by atoms with Gasteiger partial charge in [-0.3, -0.25) is 4.79 Å². The largest absolute Gasteiger partial charge is 0.467 e. The molecule has 0 saturated carbocycles. The number of nitrogens with one attached hydrogen (secondary N) is 1. The van der Waals surface area contributed by atoms with Gasteiger partial charge >= 0.3 is 0 Å². The van der Waals surface area contributed by atoms with Gasteiger partial charge in [0.25, 0.3) is 5.91 Å². The lowest BCUT2D eigenvalue weighted by molar-refractivity contribution is 0.0546. The van der Waals surface area contributed by atoms with Gasteiger partial charge in [-0.2, -0.15) is 0 Å². The van der Waals surface area contributed by atoms with Gasteiger partial charge in [0.1, 0.15) is 17.1 Å². The molecule has 144 valence electrons. The van der Waals surface area contributed by atoms with Crippen LogP contribution in [0, 0.1) is 0 Å². The van der Waals surface area contributed by atoms with Crippen LogP contribution >= 0.6 is 0 Å². The van der Waals surface area contributed by atoms with Gasteiger partial charge < -0.3 is 19.7 Å². The number of aromatic nitrogens is 2. The first-order chi connectivity index (χ1) is 13.7. The highest BCUT2D eigenvalue weighted by molar-refractivity contribution is 5.98. The molecule has 1 aliphatic heterocycles. The molecule has 0 radical (unpaired) electrons. The minimum Gasteiger partial charge on any atom is -0.467 e. The summed E-state index contributed by atoms with van der Waals surface area (Å²) in [6, 6.07) is 13.3. The van der Waals surface area contributed by atoms with E-state index in [0.29, 0.717) is 49.7 Å². The molecule has 7 nitrogen and oxygen atoms in total. The van der Waals surface area contributed by atoms with E-state index in [9.17, 15) is 9.90 Å². The van der Waals surface area contributed by atoms with Gasteiger partial charge in [0.15, 0.2) is 5.82 Å². The first-order valence-corrected chi connectivity index (χ1v) is 9.37. The summed E-state index contributed by atoms with van der Waals surface area (Å²) in [6.45, 7) is 1.47. The Balaban J connectivity index is 1.62. The number of hydrogen-bond donors (Lipinski definition) is 2. The number of likely N-dealkylation sites (tertiary alicyclic amines) is 1. The average molecular weight is 378 g/mol. The summed E-state index contributed by atoms with van der Waals surface area (Å²) < 4.78 is 5.37. The Morgan fingerprint density at radius 2 is 1.96 bits per heavy atom. The summed E-state index contributed by atoms with van der Waals surface area (Å²) in [4.78, 5) is 23.8. The predicted octanol–water partition coefficient (Wildman–Crippen LogP) is 2.95. The van der Waals surface area contributed by atoms with Crippen molar-refractivity contribution in [2.24, 2.45) is 0 Å². The third-order valence-electron chi connectivity index (χ3n) is 4.81. The number of nitrogens with zero attached hydrogens (tertiary/aromatic N) is 3. The smallest absolute Gasteiger partial charge is 0.259 e. The quantitative estimate of drug-likeness (QED) is 0.709. The molecule has 28 heavy (non-hydrogen) atoms. The number of carbonyl (C=O) groups is 1. The molecule has 0 atom stereocenters. The van der Waals surface area contributed by atoms with Gasteiger partial charge in [0.2, 0.25) is 0 Å². The van der Waals surface area contributed by atoms with Crippen LogP contribution in [0.15, 0.2) is 59.3 Å². The van der Waals surface area contributed by atoms with Crippen LogP contribution in [0.4, 0.5) is 5.82 Å². The highest BCUT2D eigenvalue weighted by Crippen LogP contribution is 2.22. The minimum atomic E-state index is -0.336. The molecule has 1 saturated heterocycles. The van der Waals surface area contributed by atoms with Crippen LogP contribution in [0.3, 0.4) is 0 Å². The van der Waals surface area contributed by atoms with Gasteiger partial charge in [0.05, 0.1) is 18.9 Å². The Bertz CT molecular complexity index is 920. The maximum atomic E-state index is 13.0. The Morgan fingerprint density at radius 3 is 2.68 bits per heavy atom. The molecule has 0 unspecified atom stereocenters. The lowest BCUT2D eigenvalue weighted by Gasteiger charge is -2.30. The van der Waals surface area contributed by atoms with Crippen molar-refractivity contribution in [3.05, 3.63) is 66.2 Å². The van der Waals surface area contributed by atoms with Crippen LogP contribution in [0.1, 0.15) is 29.0 Å². The fraction of sp³-hybridized carbons (Fsp3) is 0.286. The molecule has 4 rings (SSSR count). The lowest BCUT2D eigenvalue weighted by atomic mass is 10.1. The van der Waals surface area contributed by atoms with Gasteiger partial charge in [0, 0.05) is 24.8 Å². The molecule has 0 aliphatic carbocycles. The number of amides is 1. The number of anilines is 1. The first kappa shape index (κ1) is 18.2. The van der Waals surface area contributed by atoms with Gasteiger partial charge in [-0.15, -0.1) is 0 Å². The maximum Gasteiger partial charge on any atom is 0.259 e. The van der Waals surface area contributed by atoms with E-state index >= 15 is 0 Å². The summed E-state index contributed by atoms with van der Waals surface area (Å²) in [6.07, 6.45) is 4.02. The third kappa shape index (κ3) is 4.04. The van der Waals surface area contributed by atoms with E-state index in [4.69, 9.17) is 4.42 Å². The van der Waals surface area contributed by atoms with E-state index in [2.05, 4.69) is 15.3 Å². The van der Waals surface area contributed by atoms with E-state index < -0.39 is 0 Å². The van der Waals surface area contributed by atoms with Gasteiger partial charge in [-0.1, -0.05) is 30.3 Å². The van der Waals surface area contributed by atoms with Crippen LogP contribution in [-0.2, 0) is 6.54 Å². The molecule has 1 amide bonds. The molecule has 0 bridgehead atoms. The van der Waals surface area contributed by atoms with Crippen LogP contribution in [-0.4, -0.2) is 45.1 Å². The molecular weight excluding hydrogens is 356 g/mol. The molecule has 3 aromatic rings. The normalized spacial score (nSPS) is 14.8. The second kappa shape index (κ2) is 8.22. The Labute approximate surface area is 163 Å². The van der Waals surface area contributed by atoms with Crippen molar-refractivity contribution < 1.29 is 14.3 Å². The maximum absolute atomic E-state index is 13.0. The second-order valence-electron chi connectivity index (χ2n) is 6.78. The van der Waals surface area contributed by atoms with Crippen molar-refractivity contribution in [1.82, 2.24) is 14.9 Å². The molecule has 2 N–H and O–H groups in total. The summed E-state index contributed by atoms with van der Waals surface area (Å²) in [5, 5.41) is 12.9. The third-order valence-corrected chi connectivity index (χ3v) is 4.81. The first-order valence-electron chi connectivity index (χ1n) is 9.37. The summed E-state index contributed by atoms with van der Waals surface area (Å²) in [5.41, 5.74) is 1.30. The topological polar surface area (TPSA) is 91.5 Å². The van der Waals surface area contributed by atoms with E-state index in [1.54, 1.807) is 17.4 Å². The molecular formula is C21H22N4O3. The van der Waals surface area contributed by atoms with Gasteiger partial charge in [-0.25, -0.2) is 9.97 Å². The van der Waals surface area contributed by atoms with Crippen molar-refractivity contribution in [2.75, 3.05) is 18.4 Å². The fourth-order valence-corrected chi connectivity index (χ4v) is 3.22. The van der Waals surface area contributed by atoms with Crippen molar-refractivity contribution in [3.63, 3.8) is 0 Å². The number of carbonyl (C=O) groups excluding carboxylic acids is 1.